The van der Waals surface area contributed by atoms with Crippen LogP contribution in [-0.2, 0) is 17.0 Å². The monoisotopic (exact) mass is 255 g/mol. The molecule has 0 bridgehead atoms. The zero-order chi connectivity index (χ0) is 10.3. The Kier molecular flexibility index (Phi) is 7.48. The summed E-state index contributed by atoms with van der Waals surface area (Å²) in [6.07, 6.45) is 8.46. The molecule has 1 aliphatic rings. The Morgan fingerprint density at radius 1 is 1.15 bits per heavy atom. The normalized spacial score (nSPS) is 15.5. The van der Waals surface area contributed by atoms with E-state index in [9.17, 15) is 0 Å². The molecule has 0 spiro atoms. The minimum atomic E-state index is -0.556. The molecule has 74 valence electrons. The van der Waals surface area contributed by atoms with Gasteiger partial charge in [0.1, 0.15) is 0 Å². The summed E-state index contributed by atoms with van der Waals surface area (Å²) in [6, 6.07) is 0.444. The van der Waals surface area contributed by atoms with Crippen LogP contribution >= 0.6 is 18.6 Å². The molecule has 0 aromatic carbocycles. The van der Waals surface area contributed by atoms with Gasteiger partial charge in [-0.1, -0.05) is 24.3 Å². The first-order valence-corrected chi connectivity index (χ1v) is 8.38. The second kappa shape index (κ2) is 7.08. The summed E-state index contributed by atoms with van der Waals surface area (Å²) < 4.78 is 0. The van der Waals surface area contributed by atoms with Crippen molar-refractivity contribution < 1.29 is 17.0 Å². The van der Waals surface area contributed by atoms with Crippen molar-refractivity contribution in [2.75, 3.05) is 0 Å². The number of hydrogen-bond acceptors (Lipinski definition) is 1. The van der Waals surface area contributed by atoms with Crippen LogP contribution in [0.15, 0.2) is 24.3 Å². The van der Waals surface area contributed by atoms with E-state index in [0.717, 1.165) is 0 Å². The molecule has 1 N–H and O–H groups in total. The molecule has 13 heavy (non-hydrogen) atoms. The number of allylic oxidation sites excluding steroid dienone is 2. The molecule has 0 fully saturated rings. The Morgan fingerprint density at radius 3 is 1.85 bits per heavy atom. The Morgan fingerprint density at radius 2 is 1.54 bits per heavy atom. The summed E-state index contributed by atoms with van der Waals surface area (Å²) in [4.78, 5) is 0. The SMILES string of the molecule is CC(C)(C)NC1C=CC=C1.[Cl][Ti][Cl]. The first kappa shape index (κ1) is 13.7. The predicted molar refractivity (Wildman–Crippen MR) is 56.7 cm³/mol. The zero-order valence-corrected chi connectivity index (χ0v) is 11.2. The van der Waals surface area contributed by atoms with E-state index in [1.165, 1.54) is 0 Å². The molecule has 4 heteroatoms. The van der Waals surface area contributed by atoms with Gasteiger partial charge in [0, 0.05) is 11.6 Å². The van der Waals surface area contributed by atoms with E-state index in [4.69, 9.17) is 18.6 Å². The number of halogens is 2. The van der Waals surface area contributed by atoms with Gasteiger partial charge < -0.3 is 5.32 Å². The maximum absolute atomic E-state index is 4.89. The average molecular weight is 256 g/mol. The fourth-order valence-electron chi connectivity index (χ4n) is 1.03. The molecular weight excluding hydrogens is 241 g/mol. The molecule has 1 nitrogen and oxygen atoms in total. The summed E-state index contributed by atoms with van der Waals surface area (Å²) in [5.74, 6) is 0. The molecule has 0 radical (unpaired) electrons. The third-order valence-corrected chi connectivity index (χ3v) is 1.35. The van der Waals surface area contributed by atoms with E-state index in [1.54, 1.807) is 0 Å². The third kappa shape index (κ3) is 9.05. The van der Waals surface area contributed by atoms with Crippen molar-refractivity contribution in [2.45, 2.75) is 32.4 Å². The maximum atomic E-state index is 4.89. The van der Waals surface area contributed by atoms with Crippen molar-refractivity contribution in [3.05, 3.63) is 24.3 Å². The van der Waals surface area contributed by atoms with Crippen LogP contribution < -0.4 is 5.32 Å². The van der Waals surface area contributed by atoms with E-state index in [0.29, 0.717) is 6.04 Å². The summed E-state index contributed by atoms with van der Waals surface area (Å²) in [5.41, 5.74) is 0.212. The molecular formula is C9H15Cl2NTi. The topological polar surface area (TPSA) is 12.0 Å². The quantitative estimate of drug-likeness (QED) is 0.710. The van der Waals surface area contributed by atoms with Crippen LogP contribution in [-0.4, -0.2) is 11.6 Å². The van der Waals surface area contributed by atoms with Crippen LogP contribution in [0.25, 0.3) is 0 Å². The number of nitrogens with one attached hydrogen (secondary N) is 1. The van der Waals surface area contributed by atoms with Gasteiger partial charge in [-0.2, -0.15) is 0 Å². The van der Waals surface area contributed by atoms with Crippen molar-refractivity contribution in [1.82, 2.24) is 5.32 Å². The fraction of sp³-hybridized carbons (Fsp3) is 0.556. The molecule has 0 aromatic heterocycles. The van der Waals surface area contributed by atoms with Gasteiger partial charge in [-0.25, -0.2) is 0 Å². The second-order valence-electron chi connectivity index (χ2n) is 3.76. The van der Waals surface area contributed by atoms with E-state index < -0.39 is 17.0 Å². The van der Waals surface area contributed by atoms with Crippen LogP contribution in [0.2, 0.25) is 0 Å². The third-order valence-electron chi connectivity index (χ3n) is 1.35. The molecule has 0 saturated heterocycles. The van der Waals surface area contributed by atoms with Crippen LogP contribution in [0.4, 0.5) is 0 Å². The van der Waals surface area contributed by atoms with E-state index in [2.05, 4.69) is 50.4 Å². The Bertz CT molecular complexity index is 173. The summed E-state index contributed by atoms with van der Waals surface area (Å²) in [6.45, 7) is 6.52. The molecule has 0 aliphatic heterocycles. The van der Waals surface area contributed by atoms with Gasteiger partial charge in [-0.3, -0.25) is 0 Å². The average Bonchev–Trinajstić information content (AvgIpc) is 2.37. The fourth-order valence-corrected chi connectivity index (χ4v) is 1.03. The van der Waals surface area contributed by atoms with Gasteiger partial charge in [0.25, 0.3) is 0 Å². The molecule has 0 amide bonds. The van der Waals surface area contributed by atoms with Crippen molar-refractivity contribution in [3.63, 3.8) is 0 Å². The van der Waals surface area contributed by atoms with Gasteiger partial charge in [-0.15, -0.1) is 0 Å². The van der Waals surface area contributed by atoms with Crippen LogP contribution in [0.5, 0.6) is 0 Å². The Labute approximate surface area is 97.2 Å². The summed E-state index contributed by atoms with van der Waals surface area (Å²) >= 11 is -0.556. The van der Waals surface area contributed by atoms with Crippen molar-refractivity contribution in [2.24, 2.45) is 0 Å². The molecule has 1 rings (SSSR count). The second-order valence-corrected chi connectivity index (χ2v) is 6.34. The summed E-state index contributed by atoms with van der Waals surface area (Å²) in [7, 11) is 9.78. The van der Waals surface area contributed by atoms with Gasteiger partial charge in [-0.05, 0) is 20.8 Å². The zero-order valence-electron chi connectivity index (χ0n) is 8.14. The summed E-state index contributed by atoms with van der Waals surface area (Å²) in [5, 5.41) is 3.44. The van der Waals surface area contributed by atoms with Gasteiger partial charge in [0.05, 0.1) is 0 Å². The van der Waals surface area contributed by atoms with Crippen LogP contribution in [0, 0.1) is 0 Å². The number of rotatable bonds is 1. The molecule has 0 heterocycles. The predicted octanol–water partition coefficient (Wildman–Crippen LogP) is 3.25. The molecule has 0 saturated carbocycles. The van der Waals surface area contributed by atoms with Crippen molar-refractivity contribution >= 4 is 18.6 Å². The molecule has 0 aromatic rings. The first-order valence-electron chi connectivity index (χ1n) is 4.08. The Hall–Kier alpha value is 0.734. The van der Waals surface area contributed by atoms with Crippen molar-refractivity contribution in [1.29, 1.82) is 0 Å². The molecule has 0 unspecified atom stereocenters. The molecule has 0 atom stereocenters. The van der Waals surface area contributed by atoms with E-state index in [-0.39, 0.29) is 5.54 Å². The van der Waals surface area contributed by atoms with Crippen LogP contribution in [0.1, 0.15) is 20.8 Å². The van der Waals surface area contributed by atoms with E-state index >= 15 is 0 Å². The van der Waals surface area contributed by atoms with Gasteiger partial charge >= 0.3 is 35.6 Å². The molecule has 1 aliphatic carbocycles. The first-order chi connectivity index (χ1) is 5.99. The van der Waals surface area contributed by atoms with Gasteiger partial charge in [0.15, 0.2) is 0 Å². The Balaban J connectivity index is 0.000000424. The standard InChI is InChI=1S/C9H15N.2ClH.Ti/c1-9(2,3)10-8-6-4-5-7-8;;;/h4-8,10H,1-3H3;2*1H;/q;;;+2/p-2. The minimum absolute atomic E-state index is 0.212. The van der Waals surface area contributed by atoms with Crippen molar-refractivity contribution in [3.8, 4) is 0 Å². The van der Waals surface area contributed by atoms with Crippen LogP contribution in [0.3, 0.4) is 0 Å². The van der Waals surface area contributed by atoms with Gasteiger partial charge in [0.2, 0.25) is 0 Å². The van der Waals surface area contributed by atoms with E-state index in [1.807, 2.05) is 0 Å². The number of hydrogen-bond donors (Lipinski definition) is 1.